The molecule has 4 aromatic carbocycles. The minimum absolute atomic E-state index is 0. The van der Waals surface area contributed by atoms with Crippen molar-refractivity contribution >= 4 is 34.6 Å². The Hall–Kier alpha value is -3.41. The van der Waals surface area contributed by atoms with Gasteiger partial charge in [-0.25, -0.2) is 0 Å². The van der Waals surface area contributed by atoms with E-state index in [-0.39, 0.29) is 28.4 Å². The van der Waals surface area contributed by atoms with Crippen molar-refractivity contribution in [2.24, 2.45) is 0 Å². The number of rotatable bonds is 7. The monoisotopic (exact) mass is 522 g/mol. The Bertz CT molecular complexity index is 1130. The van der Waals surface area contributed by atoms with E-state index >= 15 is 0 Å². The molecule has 0 spiro atoms. The standard InChI is InChI=1S/C25H20N2O4P.BrH/c28-26(29)21-16-20(17-22(18-21)27(30)31)19-32(23-10-4-1-5-11-23,24-12-6-2-7-13-24)25-14-8-3-9-15-25;/h1-18H,19H2;1H/q+1;/p-1. The van der Waals surface area contributed by atoms with E-state index in [1.807, 2.05) is 54.6 Å². The van der Waals surface area contributed by atoms with Crippen LogP contribution in [0.25, 0.3) is 0 Å². The van der Waals surface area contributed by atoms with Crippen molar-refractivity contribution in [1.29, 1.82) is 0 Å². The maximum atomic E-state index is 11.5. The molecule has 4 aromatic rings. The topological polar surface area (TPSA) is 86.3 Å². The summed E-state index contributed by atoms with van der Waals surface area (Å²) in [7, 11) is -2.32. The van der Waals surface area contributed by atoms with Crippen molar-refractivity contribution in [1.82, 2.24) is 0 Å². The fourth-order valence-electron chi connectivity index (χ4n) is 4.00. The molecule has 0 bridgehead atoms. The van der Waals surface area contributed by atoms with Crippen LogP contribution in [0.15, 0.2) is 109 Å². The number of nitrogens with zero attached hydrogens (tertiary/aromatic N) is 2. The van der Waals surface area contributed by atoms with Gasteiger partial charge in [0.25, 0.3) is 11.4 Å². The van der Waals surface area contributed by atoms with Crippen LogP contribution in [-0.2, 0) is 6.16 Å². The van der Waals surface area contributed by atoms with Gasteiger partial charge in [-0.05, 0) is 36.4 Å². The summed E-state index contributed by atoms with van der Waals surface area (Å²) >= 11 is 0. The van der Waals surface area contributed by atoms with Gasteiger partial charge in [-0.1, -0.05) is 54.6 Å². The first-order chi connectivity index (χ1) is 15.5. The molecule has 0 atom stereocenters. The first-order valence-corrected chi connectivity index (χ1v) is 12.0. The van der Waals surface area contributed by atoms with Gasteiger partial charge in [-0.3, -0.25) is 20.2 Å². The Morgan fingerprint density at radius 3 is 1.21 bits per heavy atom. The highest BCUT2D eigenvalue weighted by Gasteiger charge is 2.45. The molecule has 33 heavy (non-hydrogen) atoms. The van der Waals surface area contributed by atoms with Gasteiger partial charge in [0.1, 0.15) is 23.2 Å². The highest BCUT2D eigenvalue weighted by molar-refractivity contribution is 7.95. The van der Waals surface area contributed by atoms with Gasteiger partial charge in [-0.15, -0.1) is 0 Å². The maximum absolute atomic E-state index is 11.5. The SMILES string of the molecule is O=[N+]([O-])c1cc(C[P+](c2ccccc2)(c2ccccc2)c2ccccc2)cc([N+](=O)[O-])c1.[Br-]. The van der Waals surface area contributed by atoms with Crippen LogP contribution in [0.5, 0.6) is 0 Å². The molecular weight excluding hydrogens is 503 g/mol. The molecule has 0 saturated heterocycles. The second-order valence-corrected chi connectivity index (χ2v) is 10.8. The fraction of sp³-hybridized carbons (Fsp3) is 0.0400. The Morgan fingerprint density at radius 2 is 0.909 bits per heavy atom. The average molecular weight is 523 g/mol. The molecule has 8 heteroatoms. The van der Waals surface area contributed by atoms with Crippen LogP contribution in [0.2, 0.25) is 0 Å². The van der Waals surface area contributed by atoms with Crippen LogP contribution in [-0.4, -0.2) is 9.85 Å². The highest BCUT2D eigenvalue weighted by atomic mass is 79.9. The summed E-state index contributed by atoms with van der Waals surface area (Å²) in [6.07, 6.45) is 0.424. The van der Waals surface area contributed by atoms with Crippen LogP contribution >= 0.6 is 7.26 Å². The predicted molar refractivity (Wildman–Crippen MR) is 129 cm³/mol. The second-order valence-electron chi connectivity index (χ2n) is 7.35. The Balaban J connectivity index is 0.00000306. The first-order valence-electron chi connectivity index (χ1n) is 9.98. The van der Waals surface area contributed by atoms with Gasteiger partial charge in [0, 0.05) is 17.7 Å². The zero-order valence-electron chi connectivity index (χ0n) is 17.5. The van der Waals surface area contributed by atoms with Crippen LogP contribution in [0.3, 0.4) is 0 Å². The zero-order valence-corrected chi connectivity index (χ0v) is 19.9. The molecule has 0 amide bonds. The normalized spacial score (nSPS) is 10.8. The third-order valence-electron chi connectivity index (χ3n) is 5.39. The van der Waals surface area contributed by atoms with Gasteiger partial charge in [0.15, 0.2) is 0 Å². The third-order valence-corrected chi connectivity index (χ3v) is 9.77. The summed E-state index contributed by atoms with van der Waals surface area (Å²) in [5.41, 5.74) is 0.0127. The van der Waals surface area contributed by atoms with Crippen LogP contribution in [0.4, 0.5) is 11.4 Å². The van der Waals surface area contributed by atoms with E-state index in [2.05, 4.69) is 36.4 Å². The molecule has 4 rings (SSSR count). The van der Waals surface area contributed by atoms with E-state index in [0.717, 1.165) is 22.0 Å². The van der Waals surface area contributed by atoms with Crippen molar-refractivity contribution in [3.05, 3.63) is 135 Å². The van der Waals surface area contributed by atoms with Crippen molar-refractivity contribution in [2.45, 2.75) is 6.16 Å². The van der Waals surface area contributed by atoms with E-state index in [4.69, 9.17) is 0 Å². The minimum Gasteiger partial charge on any atom is -1.00 e. The fourth-order valence-corrected chi connectivity index (χ4v) is 8.22. The quantitative estimate of drug-likeness (QED) is 0.211. The molecule has 0 aliphatic carbocycles. The number of non-ortho nitro benzene ring substituents is 2. The largest absolute Gasteiger partial charge is 1.00 e. The Kier molecular flexibility index (Phi) is 7.69. The summed E-state index contributed by atoms with van der Waals surface area (Å²) < 4.78 is 0. The van der Waals surface area contributed by atoms with Gasteiger partial charge in [0.2, 0.25) is 0 Å². The van der Waals surface area contributed by atoms with E-state index in [9.17, 15) is 20.2 Å². The van der Waals surface area contributed by atoms with Gasteiger partial charge >= 0.3 is 0 Å². The minimum atomic E-state index is -2.32. The summed E-state index contributed by atoms with van der Waals surface area (Å²) in [6, 6.07) is 34.1. The predicted octanol–water partition coefficient (Wildman–Crippen LogP) is 2.00. The molecule has 0 fully saturated rings. The molecule has 0 heterocycles. The van der Waals surface area contributed by atoms with Crippen LogP contribution in [0, 0.1) is 20.2 Å². The van der Waals surface area contributed by atoms with Crippen molar-refractivity contribution in [2.75, 3.05) is 0 Å². The molecule has 0 unspecified atom stereocenters. The van der Waals surface area contributed by atoms with E-state index in [1.165, 1.54) is 12.1 Å². The second kappa shape index (κ2) is 10.5. The first kappa shape index (κ1) is 24.2. The number of hydrogen-bond acceptors (Lipinski definition) is 4. The lowest BCUT2D eigenvalue weighted by molar-refractivity contribution is -0.394. The van der Waals surface area contributed by atoms with Crippen molar-refractivity contribution in [3.8, 4) is 0 Å². The highest BCUT2D eigenvalue weighted by Crippen LogP contribution is 2.58. The smallest absolute Gasteiger partial charge is 0.276 e. The number of benzene rings is 4. The van der Waals surface area contributed by atoms with Crippen LogP contribution < -0.4 is 32.9 Å². The van der Waals surface area contributed by atoms with Crippen LogP contribution in [0.1, 0.15) is 5.56 Å². The summed E-state index contributed by atoms with van der Waals surface area (Å²) in [6.45, 7) is 0. The zero-order chi connectivity index (χ0) is 22.6. The van der Waals surface area contributed by atoms with E-state index < -0.39 is 17.1 Å². The Morgan fingerprint density at radius 1 is 0.576 bits per heavy atom. The molecule has 0 aliphatic rings. The molecule has 0 aromatic heterocycles. The summed E-state index contributed by atoms with van der Waals surface area (Å²) in [5, 5.41) is 26.3. The van der Waals surface area contributed by atoms with E-state index in [1.54, 1.807) is 0 Å². The lowest BCUT2D eigenvalue weighted by atomic mass is 10.2. The summed E-state index contributed by atoms with van der Waals surface area (Å²) in [5.74, 6) is 0. The van der Waals surface area contributed by atoms with E-state index in [0.29, 0.717) is 11.7 Å². The number of hydrogen-bond donors (Lipinski definition) is 0. The van der Waals surface area contributed by atoms with Gasteiger partial charge in [0.05, 0.1) is 22.1 Å². The lowest BCUT2D eigenvalue weighted by Crippen LogP contribution is -3.00. The van der Waals surface area contributed by atoms with Gasteiger partial charge in [-0.2, -0.15) is 0 Å². The van der Waals surface area contributed by atoms with Crippen molar-refractivity contribution in [3.63, 3.8) is 0 Å². The molecule has 0 N–H and O–H groups in total. The van der Waals surface area contributed by atoms with Gasteiger partial charge < -0.3 is 17.0 Å². The average Bonchev–Trinajstić information content (AvgIpc) is 2.84. The molecular formula is C25H20BrN2O4P. The molecule has 6 nitrogen and oxygen atoms in total. The number of halogens is 1. The maximum Gasteiger partial charge on any atom is 0.276 e. The summed E-state index contributed by atoms with van der Waals surface area (Å²) in [4.78, 5) is 21.8. The molecule has 166 valence electrons. The lowest BCUT2D eigenvalue weighted by Gasteiger charge is -2.27. The molecule has 0 aliphatic heterocycles. The molecule has 0 radical (unpaired) electrons. The number of nitro groups is 2. The molecule has 0 saturated carbocycles. The Labute approximate surface area is 202 Å². The third kappa shape index (κ3) is 5.00. The van der Waals surface area contributed by atoms with Crippen molar-refractivity contribution < 1.29 is 26.8 Å². The number of nitro benzene ring substituents is 2.